The van der Waals surface area contributed by atoms with Gasteiger partial charge in [0.25, 0.3) is 0 Å². The molecule has 0 fully saturated rings. The second kappa shape index (κ2) is 15.8. The van der Waals surface area contributed by atoms with Crippen LogP contribution < -0.4 is 18.9 Å². The SMILES string of the molecule is C[C@@]1(c2ccc(OC(F)(F)F)cc2)CC(Oc2ccc(-c3ccn[nH]3)nc2)=NO1.C[C@]1(c2ccc(OC(F)(F)F)cc2)CC(Oc2ccc(-c3ccn[nH]3)nc2)=NO1. The lowest BCUT2D eigenvalue weighted by Gasteiger charge is -2.21. The smallest absolute Gasteiger partial charge is 0.438 e. The number of oxime groups is 2. The average Bonchev–Trinajstić information content (AvgIpc) is 4.02. The molecule has 300 valence electrons. The molecule has 2 aromatic carbocycles. The number of rotatable bonds is 8. The Morgan fingerprint density at radius 1 is 0.534 bits per heavy atom. The van der Waals surface area contributed by atoms with E-state index in [9.17, 15) is 26.3 Å². The van der Waals surface area contributed by atoms with Crippen LogP contribution in [-0.4, -0.2) is 54.9 Å². The molecule has 0 unspecified atom stereocenters. The fourth-order valence-corrected chi connectivity index (χ4v) is 5.72. The molecule has 2 N–H and O–H groups in total. The number of pyridine rings is 2. The highest BCUT2D eigenvalue weighted by atomic mass is 19.4. The first-order valence-electron chi connectivity index (χ1n) is 17.1. The van der Waals surface area contributed by atoms with Crippen molar-refractivity contribution >= 4 is 11.8 Å². The standard InChI is InChI=1S/2C19H15F3N4O3/c2*1-18(12-2-4-13(5-3-12)28-19(20,21)22)10-17(26-29-18)27-14-6-7-15(23-11-14)16-8-9-24-25-16/h2*2-9,11H,10H2,1H3,(H,24,25)/t2*18-/m10/s1. The molecule has 6 aromatic rings. The van der Waals surface area contributed by atoms with E-state index in [1.807, 2.05) is 0 Å². The predicted molar refractivity (Wildman–Crippen MR) is 192 cm³/mol. The van der Waals surface area contributed by atoms with Crippen LogP contribution in [0.25, 0.3) is 22.8 Å². The van der Waals surface area contributed by atoms with Gasteiger partial charge in [-0.2, -0.15) is 10.2 Å². The Balaban J connectivity index is 0.000000177. The van der Waals surface area contributed by atoms with Gasteiger partial charge in [0.2, 0.25) is 11.8 Å². The van der Waals surface area contributed by atoms with Crippen LogP contribution in [0.3, 0.4) is 0 Å². The van der Waals surface area contributed by atoms with Gasteiger partial charge in [0.1, 0.15) is 23.0 Å². The maximum absolute atomic E-state index is 12.3. The maximum Gasteiger partial charge on any atom is 0.573 e. The summed E-state index contributed by atoms with van der Waals surface area (Å²) in [4.78, 5) is 19.6. The molecule has 2 aliphatic rings. The van der Waals surface area contributed by atoms with Crippen molar-refractivity contribution < 1.29 is 55.0 Å². The normalized spacial score (nSPS) is 18.8. The zero-order valence-corrected chi connectivity index (χ0v) is 30.2. The lowest BCUT2D eigenvalue weighted by atomic mass is 9.93. The van der Waals surface area contributed by atoms with Crippen LogP contribution in [0.1, 0.15) is 37.8 Å². The molecule has 2 aliphatic heterocycles. The van der Waals surface area contributed by atoms with E-state index in [0.29, 0.717) is 58.7 Å². The fraction of sp³-hybridized carbons (Fsp3) is 0.211. The second-order valence-corrected chi connectivity index (χ2v) is 13.0. The molecule has 2 atom stereocenters. The van der Waals surface area contributed by atoms with Gasteiger partial charge in [-0.3, -0.25) is 20.2 Å². The maximum atomic E-state index is 12.3. The average molecular weight is 809 g/mol. The quantitative estimate of drug-likeness (QED) is 0.142. The number of H-pyrrole nitrogens is 2. The van der Waals surface area contributed by atoms with Crippen molar-refractivity contribution in [3.05, 3.63) is 121 Å². The minimum absolute atomic E-state index is 0.300. The predicted octanol–water partition coefficient (Wildman–Crippen LogP) is 8.80. The third kappa shape index (κ3) is 9.81. The molecule has 58 heavy (non-hydrogen) atoms. The third-order valence-electron chi connectivity index (χ3n) is 8.57. The number of benzene rings is 2. The van der Waals surface area contributed by atoms with E-state index in [0.717, 1.165) is 11.4 Å². The van der Waals surface area contributed by atoms with Crippen molar-refractivity contribution in [3.63, 3.8) is 0 Å². The Hall–Kier alpha value is -7.12. The van der Waals surface area contributed by atoms with Crippen molar-refractivity contribution in [3.8, 4) is 45.8 Å². The summed E-state index contributed by atoms with van der Waals surface area (Å²) in [5, 5.41) is 21.3. The number of nitrogens with one attached hydrogen (secondary N) is 2. The van der Waals surface area contributed by atoms with E-state index in [1.54, 1.807) is 75.0 Å². The molecule has 0 amide bonds. The summed E-state index contributed by atoms with van der Waals surface area (Å²) in [6.45, 7) is 3.54. The van der Waals surface area contributed by atoms with Gasteiger partial charge >= 0.3 is 12.7 Å². The third-order valence-corrected chi connectivity index (χ3v) is 8.57. The van der Waals surface area contributed by atoms with Crippen molar-refractivity contribution in [2.75, 3.05) is 0 Å². The van der Waals surface area contributed by atoms with E-state index in [-0.39, 0.29) is 11.5 Å². The van der Waals surface area contributed by atoms with Gasteiger partial charge in [0.05, 0.1) is 48.0 Å². The minimum atomic E-state index is -4.74. The molecule has 0 radical (unpaired) electrons. The first kappa shape index (κ1) is 39.1. The van der Waals surface area contributed by atoms with Gasteiger partial charge in [-0.1, -0.05) is 34.6 Å². The molecule has 14 nitrogen and oxygen atoms in total. The number of alkyl halides is 6. The van der Waals surface area contributed by atoms with E-state index < -0.39 is 23.9 Å². The summed E-state index contributed by atoms with van der Waals surface area (Å²) in [6.07, 6.45) is -2.50. The van der Waals surface area contributed by atoms with Crippen LogP contribution in [0.4, 0.5) is 26.3 Å². The second-order valence-electron chi connectivity index (χ2n) is 13.0. The zero-order chi connectivity index (χ0) is 41.0. The number of aromatic amines is 2. The summed E-state index contributed by atoms with van der Waals surface area (Å²) in [5.74, 6) is 1.02. The molecule has 0 spiro atoms. The van der Waals surface area contributed by atoms with Gasteiger partial charge in [-0.05, 0) is 85.6 Å². The summed E-state index contributed by atoms with van der Waals surface area (Å²) < 4.78 is 92.9. The number of nitrogens with zero attached hydrogens (tertiary/aromatic N) is 6. The molecule has 0 aliphatic carbocycles. The van der Waals surface area contributed by atoms with Gasteiger partial charge in [-0.25, -0.2) is 0 Å². The van der Waals surface area contributed by atoms with Crippen LogP contribution in [0.5, 0.6) is 23.0 Å². The largest absolute Gasteiger partial charge is 0.573 e. The van der Waals surface area contributed by atoms with Crippen LogP contribution in [0.2, 0.25) is 0 Å². The highest BCUT2D eigenvalue weighted by Crippen LogP contribution is 2.38. The molecule has 8 rings (SSSR count). The van der Waals surface area contributed by atoms with Crippen molar-refractivity contribution in [2.45, 2.75) is 50.6 Å². The van der Waals surface area contributed by atoms with Gasteiger partial charge < -0.3 is 28.6 Å². The number of ether oxygens (including phenoxy) is 4. The highest BCUT2D eigenvalue weighted by Gasteiger charge is 2.39. The lowest BCUT2D eigenvalue weighted by Crippen LogP contribution is -2.23. The van der Waals surface area contributed by atoms with Crippen LogP contribution in [0.15, 0.2) is 120 Å². The van der Waals surface area contributed by atoms with Crippen LogP contribution >= 0.6 is 0 Å². The molecule has 0 bridgehead atoms. The van der Waals surface area contributed by atoms with Crippen molar-refractivity contribution in [1.82, 2.24) is 30.4 Å². The summed E-state index contributed by atoms with van der Waals surface area (Å²) in [7, 11) is 0. The summed E-state index contributed by atoms with van der Waals surface area (Å²) in [6, 6.07) is 21.6. The molecule has 0 saturated heterocycles. The summed E-state index contributed by atoms with van der Waals surface area (Å²) in [5.41, 5.74) is 2.54. The first-order chi connectivity index (χ1) is 27.6. The van der Waals surface area contributed by atoms with Crippen molar-refractivity contribution in [2.24, 2.45) is 10.3 Å². The lowest BCUT2D eigenvalue weighted by molar-refractivity contribution is -0.275. The number of hydrogen-bond acceptors (Lipinski definition) is 12. The Morgan fingerprint density at radius 3 is 1.22 bits per heavy atom. The number of halogens is 6. The highest BCUT2D eigenvalue weighted by molar-refractivity contribution is 5.81. The van der Waals surface area contributed by atoms with E-state index in [2.05, 4.69) is 50.1 Å². The molecule has 4 aromatic heterocycles. The van der Waals surface area contributed by atoms with Gasteiger partial charge in [-0.15, -0.1) is 26.3 Å². The van der Waals surface area contributed by atoms with Crippen molar-refractivity contribution in [1.29, 1.82) is 0 Å². The zero-order valence-electron chi connectivity index (χ0n) is 30.2. The Morgan fingerprint density at radius 2 is 0.914 bits per heavy atom. The molecule has 6 heterocycles. The Bertz CT molecular complexity index is 2170. The van der Waals surface area contributed by atoms with E-state index >= 15 is 0 Å². The molecule has 0 saturated carbocycles. The molecular formula is C38H30F6N8O6. The monoisotopic (exact) mass is 808 g/mol. The number of aromatic nitrogens is 6. The Labute approximate surface area is 324 Å². The van der Waals surface area contributed by atoms with Gasteiger partial charge in [0.15, 0.2) is 11.2 Å². The van der Waals surface area contributed by atoms with Crippen LogP contribution in [0, 0.1) is 0 Å². The molecule has 20 heteroatoms. The topological polar surface area (TPSA) is 163 Å². The molecular weight excluding hydrogens is 778 g/mol. The summed E-state index contributed by atoms with van der Waals surface area (Å²) >= 11 is 0. The van der Waals surface area contributed by atoms with Crippen LogP contribution in [-0.2, 0) is 20.9 Å². The van der Waals surface area contributed by atoms with E-state index in [1.165, 1.54) is 48.5 Å². The minimum Gasteiger partial charge on any atom is -0.438 e. The number of hydrogen-bond donors (Lipinski definition) is 2. The van der Waals surface area contributed by atoms with E-state index in [4.69, 9.17) is 19.1 Å². The fourth-order valence-electron chi connectivity index (χ4n) is 5.72. The van der Waals surface area contributed by atoms with Gasteiger partial charge in [0, 0.05) is 12.4 Å². The Kier molecular flexibility index (Phi) is 10.7. The first-order valence-corrected chi connectivity index (χ1v) is 17.1.